The van der Waals surface area contributed by atoms with E-state index in [1.807, 2.05) is 30.5 Å². The van der Waals surface area contributed by atoms with Crippen molar-refractivity contribution in [2.75, 3.05) is 24.8 Å². The van der Waals surface area contributed by atoms with Gasteiger partial charge in [0.25, 0.3) is 0 Å². The molecule has 3 aromatic heterocycles. The van der Waals surface area contributed by atoms with Crippen LogP contribution in [0.2, 0.25) is 0 Å². The topological polar surface area (TPSA) is 111 Å². The van der Waals surface area contributed by atoms with Crippen molar-refractivity contribution in [3.8, 4) is 17.5 Å². The molecule has 34 heavy (non-hydrogen) atoms. The normalized spacial score (nSPS) is 13.8. The number of methoxy groups -OCH3 is 1. The Bertz CT molecular complexity index is 1190. The van der Waals surface area contributed by atoms with Gasteiger partial charge in [-0.2, -0.15) is 5.26 Å². The zero-order valence-electron chi connectivity index (χ0n) is 19.7. The number of nitrogens with one attached hydrogen (secondary N) is 1. The molecule has 0 bridgehead atoms. The number of amides is 1. The predicted molar refractivity (Wildman–Crippen MR) is 131 cm³/mol. The minimum atomic E-state index is -0.176. The number of aromatic nitrogens is 5. The fourth-order valence-electron chi connectivity index (χ4n) is 4.50. The third-order valence-corrected chi connectivity index (χ3v) is 7.29. The van der Waals surface area contributed by atoms with Crippen LogP contribution in [0.1, 0.15) is 48.5 Å². The Morgan fingerprint density at radius 3 is 2.68 bits per heavy atom. The molecule has 1 amide bonds. The number of hydrogen-bond donors (Lipinski definition) is 1. The van der Waals surface area contributed by atoms with Gasteiger partial charge < -0.3 is 14.6 Å². The van der Waals surface area contributed by atoms with Crippen LogP contribution in [0.3, 0.4) is 0 Å². The molecule has 0 aliphatic heterocycles. The third kappa shape index (κ3) is 4.86. The molecule has 10 heteroatoms. The van der Waals surface area contributed by atoms with E-state index in [1.54, 1.807) is 19.5 Å². The van der Waals surface area contributed by atoms with E-state index in [2.05, 4.69) is 31.1 Å². The molecule has 0 aromatic carbocycles. The number of thioether (sulfide) groups is 1. The average molecular weight is 480 g/mol. The number of hydrogen-bond acceptors (Lipinski definition) is 7. The second-order valence-electron chi connectivity index (χ2n) is 8.38. The van der Waals surface area contributed by atoms with Gasteiger partial charge in [-0.25, -0.2) is 0 Å². The SMILES string of the molecule is COCCn1c(SCC(=O)Nc2c(C#N)c(C)c(C)n2C2CCCC2)nnc1-c1ccncc1. The van der Waals surface area contributed by atoms with Crippen LogP contribution in [0.4, 0.5) is 5.82 Å². The maximum atomic E-state index is 13.0. The monoisotopic (exact) mass is 479 g/mol. The first-order valence-corrected chi connectivity index (χ1v) is 12.4. The summed E-state index contributed by atoms with van der Waals surface area (Å²) >= 11 is 1.32. The standard InChI is InChI=1S/C24H29N7O2S/c1-16-17(2)31(19-6-4-5-7-19)23(20(16)14-25)27-21(32)15-34-24-29-28-22(30(24)12-13-33-3)18-8-10-26-11-9-18/h8-11,19H,4-7,12-13,15H2,1-3H3,(H,27,32). The molecule has 1 N–H and O–H groups in total. The summed E-state index contributed by atoms with van der Waals surface area (Å²) in [6.07, 6.45) is 7.89. The van der Waals surface area contributed by atoms with Crippen LogP contribution in [-0.2, 0) is 16.1 Å². The summed E-state index contributed by atoms with van der Waals surface area (Å²) in [4.78, 5) is 17.1. The highest BCUT2D eigenvalue weighted by molar-refractivity contribution is 7.99. The molecule has 0 saturated heterocycles. The molecule has 3 aromatic rings. The third-order valence-electron chi connectivity index (χ3n) is 6.32. The number of nitriles is 1. The molecule has 0 atom stereocenters. The van der Waals surface area contributed by atoms with E-state index in [0.29, 0.717) is 41.6 Å². The molecule has 0 unspecified atom stereocenters. The number of rotatable bonds is 9. The molecule has 0 spiro atoms. The number of nitrogens with zero attached hydrogens (tertiary/aromatic N) is 6. The smallest absolute Gasteiger partial charge is 0.235 e. The van der Waals surface area contributed by atoms with Crippen molar-refractivity contribution in [2.45, 2.75) is 57.3 Å². The second-order valence-corrected chi connectivity index (χ2v) is 9.32. The first-order valence-electron chi connectivity index (χ1n) is 11.4. The summed E-state index contributed by atoms with van der Waals surface area (Å²) < 4.78 is 9.37. The van der Waals surface area contributed by atoms with Crippen LogP contribution in [0.5, 0.6) is 0 Å². The van der Waals surface area contributed by atoms with E-state index in [0.717, 1.165) is 29.7 Å². The van der Waals surface area contributed by atoms with E-state index in [1.165, 1.54) is 24.6 Å². The van der Waals surface area contributed by atoms with Gasteiger partial charge in [0.1, 0.15) is 11.9 Å². The Morgan fingerprint density at radius 2 is 2.00 bits per heavy atom. The van der Waals surface area contributed by atoms with Gasteiger partial charge in [-0.1, -0.05) is 24.6 Å². The van der Waals surface area contributed by atoms with Crippen LogP contribution in [0, 0.1) is 25.2 Å². The van der Waals surface area contributed by atoms with E-state index in [-0.39, 0.29) is 11.7 Å². The molecule has 0 radical (unpaired) electrons. The summed E-state index contributed by atoms with van der Waals surface area (Å²) in [7, 11) is 1.65. The second kappa shape index (κ2) is 10.8. The van der Waals surface area contributed by atoms with Crippen molar-refractivity contribution in [3.05, 3.63) is 41.3 Å². The van der Waals surface area contributed by atoms with Crippen molar-refractivity contribution in [1.82, 2.24) is 24.3 Å². The fourth-order valence-corrected chi connectivity index (χ4v) is 5.26. The molecule has 9 nitrogen and oxygen atoms in total. The minimum absolute atomic E-state index is 0.153. The molecule has 1 aliphatic rings. The van der Waals surface area contributed by atoms with Gasteiger partial charge in [0, 0.05) is 36.8 Å². The first-order chi connectivity index (χ1) is 16.5. The highest BCUT2D eigenvalue weighted by atomic mass is 32.2. The number of anilines is 1. The first kappa shape index (κ1) is 24.0. The summed E-state index contributed by atoms with van der Waals surface area (Å²) in [5.74, 6) is 1.30. The molecule has 4 rings (SSSR count). The number of carbonyl (C=O) groups is 1. The molecule has 178 valence electrons. The maximum absolute atomic E-state index is 13.0. The summed E-state index contributed by atoms with van der Waals surface area (Å²) in [6.45, 7) is 5.03. The van der Waals surface area contributed by atoms with Crippen molar-refractivity contribution in [2.24, 2.45) is 0 Å². The largest absolute Gasteiger partial charge is 0.383 e. The van der Waals surface area contributed by atoms with Crippen molar-refractivity contribution < 1.29 is 9.53 Å². The van der Waals surface area contributed by atoms with Gasteiger partial charge in [-0.3, -0.25) is 14.3 Å². The lowest BCUT2D eigenvalue weighted by Crippen LogP contribution is -2.20. The molecule has 3 heterocycles. The number of ether oxygens (including phenoxy) is 1. The van der Waals surface area contributed by atoms with Gasteiger partial charge in [-0.15, -0.1) is 10.2 Å². The Hall–Kier alpha value is -3.16. The van der Waals surface area contributed by atoms with Crippen LogP contribution in [-0.4, -0.2) is 49.7 Å². The summed E-state index contributed by atoms with van der Waals surface area (Å²) in [5, 5.41) is 22.1. The van der Waals surface area contributed by atoms with Gasteiger partial charge in [0.15, 0.2) is 11.0 Å². The van der Waals surface area contributed by atoms with Gasteiger partial charge in [0.05, 0.1) is 24.5 Å². The number of pyridine rings is 1. The lowest BCUT2D eigenvalue weighted by atomic mass is 10.2. The quantitative estimate of drug-likeness (QED) is 0.460. The van der Waals surface area contributed by atoms with Crippen LogP contribution in [0.15, 0.2) is 29.7 Å². The Morgan fingerprint density at radius 1 is 1.26 bits per heavy atom. The Kier molecular flexibility index (Phi) is 7.65. The molecule has 1 saturated carbocycles. The lowest BCUT2D eigenvalue weighted by Gasteiger charge is -2.19. The maximum Gasteiger partial charge on any atom is 0.235 e. The van der Waals surface area contributed by atoms with E-state index in [4.69, 9.17) is 4.74 Å². The van der Waals surface area contributed by atoms with Crippen molar-refractivity contribution >= 4 is 23.5 Å². The zero-order chi connectivity index (χ0) is 24.1. The lowest BCUT2D eigenvalue weighted by molar-refractivity contribution is -0.113. The fraction of sp³-hybridized carbons (Fsp3) is 0.458. The van der Waals surface area contributed by atoms with Crippen molar-refractivity contribution in [3.63, 3.8) is 0 Å². The van der Waals surface area contributed by atoms with E-state index in [9.17, 15) is 10.1 Å². The predicted octanol–water partition coefficient (Wildman–Crippen LogP) is 4.12. The highest BCUT2D eigenvalue weighted by Gasteiger charge is 2.27. The highest BCUT2D eigenvalue weighted by Crippen LogP contribution is 2.37. The molecule has 1 aliphatic carbocycles. The van der Waals surface area contributed by atoms with E-state index < -0.39 is 0 Å². The minimum Gasteiger partial charge on any atom is -0.383 e. The Balaban J connectivity index is 1.53. The van der Waals surface area contributed by atoms with Crippen molar-refractivity contribution in [1.29, 1.82) is 5.26 Å². The van der Waals surface area contributed by atoms with Crippen LogP contribution < -0.4 is 5.32 Å². The van der Waals surface area contributed by atoms with Gasteiger partial charge in [-0.05, 0) is 44.4 Å². The average Bonchev–Trinajstić information content (AvgIpc) is 3.56. The molecular weight excluding hydrogens is 450 g/mol. The van der Waals surface area contributed by atoms with E-state index >= 15 is 0 Å². The van der Waals surface area contributed by atoms with Crippen LogP contribution in [0.25, 0.3) is 11.4 Å². The Labute approximate surface area is 203 Å². The van der Waals surface area contributed by atoms with Crippen LogP contribution >= 0.6 is 11.8 Å². The number of carbonyl (C=O) groups excluding carboxylic acids is 1. The van der Waals surface area contributed by atoms with Gasteiger partial charge >= 0.3 is 0 Å². The summed E-state index contributed by atoms with van der Waals surface area (Å²) in [6, 6.07) is 6.37. The van der Waals surface area contributed by atoms with Gasteiger partial charge in [0.2, 0.25) is 5.91 Å². The molecular formula is C24H29N7O2S. The molecule has 1 fully saturated rings. The zero-order valence-corrected chi connectivity index (χ0v) is 20.6. The summed E-state index contributed by atoms with van der Waals surface area (Å²) in [5.41, 5.74) is 3.42.